The van der Waals surface area contributed by atoms with Crippen LogP contribution in [0.3, 0.4) is 0 Å². The maximum atomic E-state index is 5.57. The Morgan fingerprint density at radius 3 is 2.75 bits per heavy atom. The maximum Gasteiger partial charge on any atom is 0.191 e. The fourth-order valence-electron chi connectivity index (χ4n) is 2.35. The Kier molecular flexibility index (Phi) is 7.06. The van der Waals surface area contributed by atoms with Gasteiger partial charge in [-0.25, -0.2) is 4.98 Å². The van der Waals surface area contributed by atoms with Crippen LogP contribution in [-0.2, 0) is 13.0 Å². The van der Waals surface area contributed by atoms with Gasteiger partial charge in [0.2, 0.25) is 0 Å². The molecule has 0 bridgehead atoms. The van der Waals surface area contributed by atoms with Crippen LogP contribution in [0, 0.1) is 13.8 Å². The zero-order valence-electron chi connectivity index (χ0n) is 14.8. The van der Waals surface area contributed by atoms with E-state index in [0.29, 0.717) is 6.61 Å². The van der Waals surface area contributed by atoms with Crippen LogP contribution in [0.25, 0.3) is 0 Å². The topological polar surface area (TPSA) is 58.5 Å². The second kappa shape index (κ2) is 9.27. The van der Waals surface area contributed by atoms with Crippen molar-refractivity contribution in [2.45, 2.75) is 33.7 Å². The maximum absolute atomic E-state index is 5.57. The second-order valence-corrected chi connectivity index (χ2v) is 6.82. The summed E-state index contributed by atoms with van der Waals surface area (Å²) in [5, 5.41) is 7.81. The molecule has 2 N–H and O–H groups in total. The molecule has 24 heavy (non-hydrogen) atoms. The average molecular weight is 347 g/mol. The first kappa shape index (κ1) is 18.3. The molecule has 0 aliphatic heterocycles. The Bertz CT molecular complexity index is 681. The highest BCUT2D eigenvalue weighted by Crippen LogP contribution is 2.19. The highest BCUT2D eigenvalue weighted by Gasteiger charge is 2.03. The number of aromatic nitrogens is 1. The van der Waals surface area contributed by atoms with E-state index in [0.717, 1.165) is 41.8 Å². The molecule has 0 aliphatic carbocycles. The smallest absolute Gasteiger partial charge is 0.191 e. The van der Waals surface area contributed by atoms with Crippen molar-refractivity contribution in [2.24, 2.45) is 4.99 Å². The van der Waals surface area contributed by atoms with Crippen LogP contribution in [0.15, 0.2) is 29.4 Å². The fraction of sp³-hybridized carbons (Fsp3) is 0.444. The van der Waals surface area contributed by atoms with Gasteiger partial charge in [0.1, 0.15) is 5.75 Å². The van der Waals surface area contributed by atoms with E-state index in [4.69, 9.17) is 4.74 Å². The molecule has 1 heterocycles. The lowest BCUT2D eigenvalue weighted by Crippen LogP contribution is -2.37. The molecule has 1 aromatic carbocycles. The summed E-state index contributed by atoms with van der Waals surface area (Å²) in [4.78, 5) is 9.88. The van der Waals surface area contributed by atoms with Crippen LogP contribution in [-0.4, -0.2) is 31.1 Å². The van der Waals surface area contributed by atoms with Gasteiger partial charge >= 0.3 is 0 Å². The molecule has 2 rings (SSSR count). The minimum absolute atomic E-state index is 0.688. The molecular formula is C18H26N4OS. The molecule has 130 valence electrons. The molecule has 0 saturated carbocycles. The van der Waals surface area contributed by atoms with E-state index in [1.165, 1.54) is 10.4 Å². The number of nitrogens with zero attached hydrogens (tertiary/aromatic N) is 2. The third-order valence-corrected chi connectivity index (χ3v) is 4.50. The van der Waals surface area contributed by atoms with E-state index in [1.807, 2.05) is 19.2 Å². The van der Waals surface area contributed by atoms with Gasteiger partial charge in [-0.3, -0.25) is 4.99 Å². The third-order valence-electron chi connectivity index (χ3n) is 3.52. The Labute approximate surface area is 148 Å². The van der Waals surface area contributed by atoms with Crippen molar-refractivity contribution in [3.05, 3.63) is 45.4 Å². The van der Waals surface area contributed by atoms with Crippen LogP contribution in [0.2, 0.25) is 0 Å². The third kappa shape index (κ3) is 5.53. The minimum Gasteiger partial charge on any atom is -0.494 e. The first-order valence-electron chi connectivity index (χ1n) is 8.20. The summed E-state index contributed by atoms with van der Waals surface area (Å²) in [7, 11) is 1.78. The quantitative estimate of drug-likeness (QED) is 0.597. The van der Waals surface area contributed by atoms with Gasteiger partial charge in [-0.2, -0.15) is 0 Å². The summed E-state index contributed by atoms with van der Waals surface area (Å²) < 4.78 is 5.57. The minimum atomic E-state index is 0.688. The van der Waals surface area contributed by atoms with Crippen LogP contribution < -0.4 is 15.4 Å². The van der Waals surface area contributed by atoms with Gasteiger partial charge in [0.25, 0.3) is 0 Å². The Morgan fingerprint density at radius 1 is 1.29 bits per heavy atom. The number of nitrogens with one attached hydrogen (secondary N) is 2. The van der Waals surface area contributed by atoms with Gasteiger partial charge in [0, 0.05) is 37.6 Å². The Balaban J connectivity index is 1.79. The highest BCUT2D eigenvalue weighted by molar-refractivity contribution is 7.11. The molecule has 5 nitrogen and oxygen atoms in total. The van der Waals surface area contributed by atoms with E-state index >= 15 is 0 Å². The summed E-state index contributed by atoms with van der Waals surface area (Å²) >= 11 is 1.74. The van der Waals surface area contributed by atoms with Gasteiger partial charge in [-0.1, -0.05) is 12.1 Å². The van der Waals surface area contributed by atoms with Crippen molar-refractivity contribution in [3.63, 3.8) is 0 Å². The number of ether oxygens (including phenoxy) is 1. The number of hydrogen-bond acceptors (Lipinski definition) is 4. The lowest BCUT2D eigenvalue weighted by atomic mass is 10.1. The Morgan fingerprint density at radius 2 is 2.12 bits per heavy atom. The molecule has 2 aromatic rings. The molecule has 0 aliphatic rings. The standard InChI is InChI=1S/C18H26N4OS/c1-5-23-16-7-6-15(10-13(16)2)12-22-18(19-4)20-9-8-17-21-11-14(3)24-17/h6-7,10-11H,5,8-9,12H2,1-4H3,(H2,19,20,22). The van der Waals surface area contributed by atoms with E-state index in [1.54, 1.807) is 18.4 Å². The second-order valence-electron chi connectivity index (χ2n) is 5.50. The number of benzene rings is 1. The molecule has 0 radical (unpaired) electrons. The average Bonchev–Trinajstić information content (AvgIpc) is 2.98. The number of rotatable bonds is 7. The molecule has 0 spiro atoms. The van der Waals surface area contributed by atoms with Gasteiger partial charge in [-0.15, -0.1) is 11.3 Å². The number of hydrogen-bond donors (Lipinski definition) is 2. The van der Waals surface area contributed by atoms with Crippen molar-refractivity contribution in [1.82, 2.24) is 15.6 Å². The van der Waals surface area contributed by atoms with Crippen molar-refractivity contribution in [3.8, 4) is 5.75 Å². The Hall–Kier alpha value is -2.08. The lowest BCUT2D eigenvalue weighted by Gasteiger charge is -2.13. The van der Waals surface area contributed by atoms with Gasteiger partial charge in [0.05, 0.1) is 11.6 Å². The molecular weight excluding hydrogens is 320 g/mol. The SMILES string of the molecule is CCOc1ccc(CNC(=NC)NCCc2ncc(C)s2)cc1C. The summed E-state index contributed by atoms with van der Waals surface area (Å²) in [6, 6.07) is 6.25. The van der Waals surface area contributed by atoms with E-state index in [2.05, 4.69) is 46.6 Å². The van der Waals surface area contributed by atoms with Gasteiger partial charge in [0.15, 0.2) is 5.96 Å². The first-order valence-corrected chi connectivity index (χ1v) is 9.02. The van der Waals surface area contributed by atoms with Crippen LogP contribution in [0.4, 0.5) is 0 Å². The van der Waals surface area contributed by atoms with Crippen molar-refractivity contribution in [2.75, 3.05) is 20.2 Å². The molecule has 0 atom stereocenters. The van der Waals surface area contributed by atoms with E-state index in [9.17, 15) is 0 Å². The van der Waals surface area contributed by atoms with Crippen molar-refractivity contribution >= 4 is 17.3 Å². The highest BCUT2D eigenvalue weighted by atomic mass is 32.1. The first-order chi connectivity index (χ1) is 11.6. The summed E-state index contributed by atoms with van der Waals surface area (Å²) in [6.45, 7) is 8.37. The number of aliphatic imine (C=N–C) groups is 1. The van der Waals surface area contributed by atoms with Crippen LogP contribution >= 0.6 is 11.3 Å². The van der Waals surface area contributed by atoms with E-state index in [-0.39, 0.29) is 0 Å². The predicted octanol–water partition coefficient (Wildman–Crippen LogP) is 3.07. The van der Waals surface area contributed by atoms with Crippen LogP contribution in [0.5, 0.6) is 5.75 Å². The number of thiazole rings is 1. The van der Waals surface area contributed by atoms with Crippen molar-refractivity contribution < 1.29 is 4.74 Å². The van der Waals surface area contributed by atoms with Gasteiger partial charge < -0.3 is 15.4 Å². The molecule has 0 fully saturated rings. The van der Waals surface area contributed by atoms with Crippen molar-refractivity contribution in [1.29, 1.82) is 0 Å². The number of guanidine groups is 1. The lowest BCUT2D eigenvalue weighted by molar-refractivity contribution is 0.338. The van der Waals surface area contributed by atoms with E-state index < -0.39 is 0 Å². The largest absolute Gasteiger partial charge is 0.494 e. The van der Waals surface area contributed by atoms with Gasteiger partial charge in [-0.05, 0) is 38.0 Å². The molecule has 0 amide bonds. The zero-order valence-corrected chi connectivity index (χ0v) is 15.7. The zero-order chi connectivity index (χ0) is 17.4. The molecule has 1 aromatic heterocycles. The fourth-order valence-corrected chi connectivity index (χ4v) is 3.14. The monoisotopic (exact) mass is 346 g/mol. The normalized spacial score (nSPS) is 11.4. The summed E-state index contributed by atoms with van der Waals surface area (Å²) in [6.07, 6.45) is 2.82. The summed E-state index contributed by atoms with van der Waals surface area (Å²) in [5.41, 5.74) is 2.35. The number of aryl methyl sites for hydroxylation is 2. The molecule has 6 heteroatoms. The molecule has 0 saturated heterocycles. The predicted molar refractivity (Wildman–Crippen MR) is 101 cm³/mol. The summed E-state index contributed by atoms with van der Waals surface area (Å²) in [5.74, 6) is 1.75. The van der Waals surface area contributed by atoms with Crippen LogP contribution in [0.1, 0.15) is 27.9 Å². The molecule has 0 unspecified atom stereocenters.